The maximum Gasteiger partial charge on any atom is 0.413 e. The molecule has 19 heavy (non-hydrogen) atoms. The number of ether oxygens (including phenoxy) is 1. The van der Waals surface area contributed by atoms with Gasteiger partial charge < -0.3 is 15.2 Å². The first-order valence-electron chi connectivity index (χ1n) is 6.05. The molecule has 0 radical (unpaired) electrons. The summed E-state index contributed by atoms with van der Waals surface area (Å²) in [4.78, 5) is 22.5. The zero-order valence-electron chi connectivity index (χ0n) is 11.6. The van der Waals surface area contributed by atoms with E-state index < -0.39 is 17.6 Å². The molecule has 0 aliphatic heterocycles. The van der Waals surface area contributed by atoms with E-state index in [4.69, 9.17) is 9.84 Å². The Morgan fingerprint density at radius 1 is 1.32 bits per heavy atom. The lowest BCUT2D eigenvalue weighted by molar-refractivity contribution is -0.143. The molecule has 0 saturated heterocycles. The molecule has 1 rings (SSSR count). The van der Waals surface area contributed by atoms with Gasteiger partial charge in [-0.05, 0) is 37.5 Å². The Labute approximate surface area is 112 Å². The van der Waals surface area contributed by atoms with Crippen LogP contribution in [0.25, 0.3) is 0 Å². The second-order valence-corrected chi connectivity index (χ2v) is 5.17. The predicted molar refractivity (Wildman–Crippen MR) is 71.4 cm³/mol. The van der Waals surface area contributed by atoms with Gasteiger partial charge in [0.05, 0.1) is 0 Å². The molecule has 2 N–H and O–H groups in total. The van der Waals surface area contributed by atoms with E-state index in [1.165, 1.54) is 13.8 Å². The van der Waals surface area contributed by atoms with Crippen LogP contribution in [-0.4, -0.2) is 22.7 Å². The first kappa shape index (κ1) is 15.0. The van der Waals surface area contributed by atoms with Crippen molar-refractivity contribution in [2.45, 2.75) is 39.2 Å². The minimum atomic E-state index is -1.37. The fourth-order valence-corrected chi connectivity index (χ4v) is 1.38. The van der Waals surface area contributed by atoms with E-state index >= 15 is 0 Å². The smallest absolute Gasteiger partial charge is 0.413 e. The van der Waals surface area contributed by atoms with E-state index in [2.05, 4.69) is 5.32 Å². The van der Waals surface area contributed by atoms with Crippen molar-refractivity contribution in [1.82, 2.24) is 5.32 Å². The SMILES string of the molecule is CC(C)c1cccc(OC(=O)NC(C)(C)C(=O)O)c1. The summed E-state index contributed by atoms with van der Waals surface area (Å²) >= 11 is 0. The summed E-state index contributed by atoms with van der Waals surface area (Å²) in [6.07, 6.45) is -0.784. The Bertz CT molecular complexity index is 480. The number of amides is 1. The molecule has 0 spiro atoms. The molecule has 0 unspecified atom stereocenters. The average molecular weight is 265 g/mol. The number of rotatable bonds is 4. The molecule has 1 aromatic carbocycles. The maximum absolute atomic E-state index is 11.6. The lowest BCUT2D eigenvalue weighted by atomic mass is 10.0. The average Bonchev–Trinajstić information content (AvgIpc) is 2.28. The molecule has 0 aliphatic carbocycles. The summed E-state index contributed by atoms with van der Waals surface area (Å²) in [6, 6.07) is 7.15. The van der Waals surface area contributed by atoms with Crippen LogP contribution in [0.2, 0.25) is 0 Å². The summed E-state index contributed by atoms with van der Waals surface area (Å²) < 4.78 is 5.08. The van der Waals surface area contributed by atoms with Crippen LogP contribution in [0.4, 0.5) is 4.79 Å². The Morgan fingerprint density at radius 2 is 1.95 bits per heavy atom. The third-order valence-electron chi connectivity index (χ3n) is 2.68. The van der Waals surface area contributed by atoms with Gasteiger partial charge in [-0.1, -0.05) is 26.0 Å². The minimum Gasteiger partial charge on any atom is -0.480 e. The highest BCUT2D eigenvalue weighted by Crippen LogP contribution is 2.20. The van der Waals surface area contributed by atoms with E-state index in [1.54, 1.807) is 18.2 Å². The van der Waals surface area contributed by atoms with Gasteiger partial charge in [-0.2, -0.15) is 0 Å². The van der Waals surface area contributed by atoms with Crippen molar-refractivity contribution in [2.75, 3.05) is 0 Å². The van der Waals surface area contributed by atoms with Gasteiger partial charge in [-0.15, -0.1) is 0 Å². The lowest BCUT2D eigenvalue weighted by Gasteiger charge is -2.20. The van der Waals surface area contributed by atoms with Crippen LogP contribution >= 0.6 is 0 Å². The molecular formula is C14H19NO4. The van der Waals surface area contributed by atoms with Crippen molar-refractivity contribution in [3.05, 3.63) is 29.8 Å². The van der Waals surface area contributed by atoms with Gasteiger partial charge in [0, 0.05) is 0 Å². The van der Waals surface area contributed by atoms with E-state index in [1.807, 2.05) is 19.9 Å². The molecule has 0 fully saturated rings. The fraction of sp³-hybridized carbons (Fsp3) is 0.429. The van der Waals surface area contributed by atoms with Gasteiger partial charge in [-0.25, -0.2) is 9.59 Å². The van der Waals surface area contributed by atoms with Crippen molar-refractivity contribution in [2.24, 2.45) is 0 Å². The van der Waals surface area contributed by atoms with Crippen LogP contribution in [0.1, 0.15) is 39.2 Å². The van der Waals surface area contributed by atoms with Gasteiger partial charge in [0.1, 0.15) is 11.3 Å². The molecule has 104 valence electrons. The molecular weight excluding hydrogens is 246 g/mol. The standard InChI is InChI=1S/C14H19NO4/c1-9(2)10-6-5-7-11(8-10)19-13(18)15-14(3,4)12(16)17/h5-9H,1-4H3,(H,15,18)(H,16,17). The molecule has 1 aromatic rings. The molecule has 0 aliphatic rings. The quantitative estimate of drug-likeness (QED) is 0.877. The second-order valence-electron chi connectivity index (χ2n) is 5.17. The van der Waals surface area contributed by atoms with Crippen LogP contribution in [0, 0.1) is 0 Å². The second kappa shape index (κ2) is 5.73. The number of carboxylic acid groups (broad SMARTS) is 1. The zero-order chi connectivity index (χ0) is 14.6. The number of hydrogen-bond donors (Lipinski definition) is 2. The maximum atomic E-state index is 11.6. The summed E-state index contributed by atoms with van der Waals surface area (Å²) in [7, 11) is 0. The van der Waals surface area contributed by atoms with Crippen molar-refractivity contribution >= 4 is 12.1 Å². The van der Waals surface area contributed by atoms with Crippen LogP contribution < -0.4 is 10.1 Å². The van der Waals surface area contributed by atoms with Crippen molar-refractivity contribution < 1.29 is 19.4 Å². The highest BCUT2D eigenvalue weighted by Gasteiger charge is 2.29. The zero-order valence-corrected chi connectivity index (χ0v) is 11.6. The molecule has 5 nitrogen and oxygen atoms in total. The Morgan fingerprint density at radius 3 is 2.47 bits per heavy atom. The summed E-state index contributed by atoms with van der Waals surface area (Å²) in [5.41, 5.74) is -0.324. The highest BCUT2D eigenvalue weighted by molar-refractivity contribution is 5.84. The third kappa shape index (κ3) is 4.28. The molecule has 0 saturated carbocycles. The third-order valence-corrected chi connectivity index (χ3v) is 2.68. The highest BCUT2D eigenvalue weighted by atomic mass is 16.6. The Balaban J connectivity index is 2.72. The predicted octanol–water partition coefficient (Wildman–Crippen LogP) is 2.76. The van der Waals surface area contributed by atoms with E-state index in [0.717, 1.165) is 5.56 Å². The van der Waals surface area contributed by atoms with Crippen molar-refractivity contribution in [3.8, 4) is 5.75 Å². The summed E-state index contributed by atoms with van der Waals surface area (Å²) in [5.74, 6) is -0.410. The molecule has 0 heterocycles. The van der Waals surface area contributed by atoms with E-state index in [-0.39, 0.29) is 0 Å². The minimum absolute atomic E-state index is 0.321. The normalized spacial score (nSPS) is 11.2. The topological polar surface area (TPSA) is 75.6 Å². The number of carbonyl (C=O) groups excluding carboxylic acids is 1. The monoisotopic (exact) mass is 265 g/mol. The Kier molecular flexibility index (Phi) is 4.53. The number of carboxylic acids is 1. The van der Waals surface area contributed by atoms with Crippen molar-refractivity contribution in [3.63, 3.8) is 0 Å². The molecule has 5 heteroatoms. The molecule has 1 amide bonds. The largest absolute Gasteiger partial charge is 0.480 e. The van der Waals surface area contributed by atoms with Crippen LogP contribution in [0.15, 0.2) is 24.3 Å². The number of nitrogens with one attached hydrogen (secondary N) is 1. The van der Waals surface area contributed by atoms with Gasteiger partial charge in [0.15, 0.2) is 0 Å². The molecule has 0 bridgehead atoms. The van der Waals surface area contributed by atoms with Gasteiger partial charge >= 0.3 is 12.1 Å². The van der Waals surface area contributed by atoms with Crippen LogP contribution in [0.3, 0.4) is 0 Å². The van der Waals surface area contributed by atoms with Crippen LogP contribution in [-0.2, 0) is 4.79 Å². The summed E-state index contributed by atoms with van der Waals surface area (Å²) in [5, 5.41) is 11.2. The van der Waals surface area contributed by atoms with Gasteiger partial charge in [0.2, 0.25) is 0 Å². The van der Waals surface area contributed by atoms with Gasteiger partial charge in [0.25, 0.3) is 0 Å². The molecule has 0 atom stereocenters. The summed E-state index contributed by atoms with van der Waals surface area (Å²) in [6.45, 7) is 6.85. The van der Waals surface area contributed by atoms with Crippen molar-refractivity contribution in [1.29, 1.82) is 0 Å². The fourth-order valence-electron chi connectivity index (χ4n) is 1.38. The Hall–Kier alpha value is -2.04. The molecule has 0 aromatic heterocycles. The first-order chi connectivity index (χ1) is 8.72. The number of benzene rings is 1. The number of carbonyl (C=O) groups is 2. The first-order valence-corrected chi connectivity index (χ1v) is 6.05. The number of aliphatic carboxylic acids is 1. The van der Waals surface area contributed by atoms with Gasteiger partial charge in [-0.3, -0.25) is 0 Å². The number of hydrogen-bond acceptors (Lipinski definition) is 3. The lowest BCUT2D eigenvalue weighted by Crippen LogP contribution is -2.50. The van der Waals surface area contributed by atoms with E-state index in [0.29, 0.717) is 11.7 Å². The van der Waals surface area contributed by atoms with Crippen LogP contribution in [0.5, 0.6) is 5.75 Å². The van der Waals surface area contributed by atoms with E-state index in [9.17, 15) is 9.59 Å².